The average molecular weight is 164 g/mol. The van der Waals surface area contributed by atoms with E-state index in [2.05, 4.69) is 0 Å². The summed E-state index contributed by atoms with van der Waals surface area (Å²) < 4.78 is 0. The molecule has 0 aromatic heterocycles. The summed E-state index contributed by atoms with van der Waals surface area (Å²) in [4.78, 5) is 0. The summed E-state index contributed by atoms with van der Waals surface area (Å²) >= 11 is 0. The summed E-state index contributed by atoms with van der Waals surface area (Å²) in [6.07, 6.45) is 0. The molecule has 0 aliphatic heterocycles. The van der Waals surface area contributed by atoms with Crippen LogP contribution in [0, 0.1) is 0 Å². The van der Waals surface area contributed by atoms with Crippen LogP contribution in [0.5, 0.6) is 0 Å². The van der Waals surface area contributed by atoms with Crippen LogP contribution < -0.4 is 5.73 Å². The van der Waals surface area contributed by atoms with Crippen LogP contribution in [0.2, 0.25) is 0 Å². The SMILES string of the molecule is NCCO.[Rh]. The summed E-state index contributed by atoms with van der Waals surface area (Å²) in [6, 6.07) is 0. The summed E-state index contributed by atoms with van der Waals surface area (Å²) in [5.74, 6) is 0. The predicted octanol–water partition coefficient (Wildman–Crippen LogP) is -1.07. The summed E-state index contributed by atoms with van der Waals surface area (Å²) in [7, 11) is 0. The first-order valence-electron chi connectivity index (χ1n) is 1.22. The first-order chi connectivity index (χ1) is 1.91. The van der Waals surface area contributed by atoms with E-state index in [-0.39, 0.29) is 26.1 Å². The zero-order valence-electron chi connectivity index (χ0n) is 2.77. The second-order valence-corrected chi connectivity index (χ2v) is 0.512. The zero-order valence-corrected chi connectivity index (χ0v) is 4.41. The third-order valence-corrected chi connectivity index (χ3v) is 0.129. The van der Waals surface area contributed by atoms with E-state index in [1.165, 1.54) is 0 Å². The van der Waals surface area contributed by atoms with Crippen LogP contribution >= 0.6 is 0 Å². The first kappa shape index (κ1) is 9.11. The normalized spacial score (nSPS) is 6.00. The van der Waals surface area contributed by atoms with Crippen molar-refractivity contribution in [2.75, 3.05) is 13.2 Å². The Bertz CT molecular complexity index is 11.6. The van der Waals surface area contributed by atoms with Gasteiger partial charge in [0, 0.05) is 26.0 Å². The van der Waals surface area contributed by atoms with Crippen molar-refractivity contribution < 1.29 is 24.6 Å². The number of hydrogen-bond donors (Lipinski definition) is 2. The Labute approximate surface area is 44.1 Å². The van der Waals surface area contributed by atoms with Gasteiger partial charge in [-0.25, -0.2) is 0 Å². The topological polar surface area (TPSA) is 46.2 Å². The second kappa shape index (κ2) is 8.82. The van der Waals surface area contributed by atoms with Gasteiger partial charge in [0.25, 0.3) is 0 Å². The molecule has 0 saturated heterocycles. The van der Waals surface area contributed by atoms with Crippen molar-refractivity contribution >= 4 is 0 Å². The number of aliphatic hydroxyl groups is 1. The van der Waals surface area contributed by atoms with E-state index in [0.717, 1.165) is 0 Å². The van der Waals surface area contributed by atoms with Crippen molar-refractivity contribution in [1.29, 1.82) is 0 Å². The van der Waals surface area contributed by atoms with E-state index in [1.807, 2.05) is 0 Å². The van der Waals surface area contributed by atoms with Gasteiger partial charge in [-0.3, -0.25) is 0 Å². The van der Waals surface area contributed by atoms with Crippen LogP contribution in [0.4, 0.5) is 0 Å². The molecule has 0 fully saturated rings. The van der Waals surface area contributed by atoms with Gasteiger partial charge in [-0.1, -0.05) is 0 Å². The smallest absolute Gasteiger partial charge is 0.0553 e. The Balaban J connectivity index is 0. The molecule has 0 aromatic rings. The van der Waals surface area contributed by atoms with E-state index < -0.39 is 0 Å². The Morgan fingerprint density at radius 1 is 1.60 bits per heavy atom. The van der Waals surface area contributed by atoms with Crippen LogP contribution in [0.1, 0.15) is 0 Å². The van der Waals surface area contributed by atoms with Gasteiger partial charge in [0.2, 0.25) is 0 Å². The van der Waals surface area contributed by atoms with Crippen LogP contribution in [0.15, 0.2) is 0 Å². The standard InChI is InChI=1S/C2H7NO.Rh/c3-1-2-4;/h4H,1-3H2;. The molecule has 0 aliphatic rings. The number of aliphatic hydroxyl groups excluding tert-OH is 1. The van der Waals surface area contributed by atoms with Crippen LogP contribution in [0.25, 0.3) is 0 Å². The van der Waals surface area contributed by atoms with Gasteiger partial charge < -0.3 is 10.8 Å². The van der Waals surface area contributed by atoms with Gasteiger partial charge in [-0.2, -0.15) is 0 Å². The molecule has 0 bridgehead atoms. The van der Waals surface area contributed by atoms with E-state index in [9.17, 15) is 0 Å². The molecule has 35 valence electrons. The Morgan fingerprint density at radius 2 is 1.80 bits per heavy atom. The van der Waals surface area contributed by atoms with Gasteiger partial charge in [0.15, 0.2) is 0 Å². The van der Waals surface area contributed by atoms with Gasteiger partial charge in [-0.15, -0.1) is 0 Å². The van der Waals surface area contributed by atoms with Crippen LogP contribution in [-0.4, -0.2) is 18.3 Å². The second-order valence-electron chi connectivity index (χ2n) is 0.512. The molecular formula is C2H7NORh. The monoisotopic (exact) mass is 164 g/mol. The summed E-state index contributed by atoms with van der Waals surface area (Å²) in [5, 5.41) is 7.75. The molecule has 0 aromatic carbocycles. The fourth-order valence-electron chi connectivity index (χ4n) is 0. The quantitative estimate of drug-likeness (QED) is 0.485. The number of nitrogens with two attached hydrogens (primary N) is 1. The Hall–Kier alpha value is 0.543. The van der Waals surface area contributed by atoms with Crippen LogP contribution in [0.3, 0.4) is 0 Å². The Morgan fingerprint density at radius 3 is 1.80 bits per heavy atom. The molecule has 0 amide bonds. The molecule has 5 heavy (non-hydrogen) atoms. The molecule has 0 atom stereocenters. The van der Waals surface area contributed by atoms with Crippen molar-refractivity contribution in [3.05, 3.63) is 0 Å². The molecule has 3 heteroatoms. The largest absolute Gasteiger partial charge is 0.395 e. The van der Waals surface area contributed by atoms with Crippen molar-refractivity contribution in [3.63, 3.8) is 0 Å². The molecular weight excluding hydrogens is 157 g/mol. The molecule has 0 heterocycles. The molecule has 0 rings (SSSR count). The Kier molecular flexibility index (Phi) is 16.1. The third-order valence-electron chi connectivity index (χ3n) is 0.129. The third kappa shape index (κ3) is 12.3. The minimum Gasteiger partial charge on any atom is -0.395 e. The van der Waals surface area contributed by atoms with E-state index in [1.54, 1.807) is 0 Å². The van der Waals surface area contributed by atoms with E-state index >= 15 is 0 Å². The van der Waals surface area contributed by atoms with E-state index in [0.29, 0.717) is 6.54 Å². The molecule has 1 radical (unpaired) electrons. The maximum atomic E-state index is 7.75. The van der Waals surface area contributed by atoms with Crippen molar-refractivity contribution in [2.24, 2.45) is 5.73 Å². The molecule has 2 nitrogen and oxygen atoms in total. The molecule has 0 aliphatic carbocycles. The van der Waals surface area contributed by atoms with Crippen molar-refractivity contribution in [3.8, 4) is 0 Å². The average Bonchev–Trinajstić information content (AvgIpc) is 1.37. The van der Waals surface area contributed by atoms with E-state index in [4.69, 9.17) is 10.8 Å². The minimum atomic E-state index is 0. The minimum absolute atomic E-state index is 0. The first-order valence-corrected chi connectivity index (χ1v) is 1.22. The predicted molar refractivity (Wildman–Crippen MR) is 16.1 cm³/mol. The van der Waals surface area contributed by atoms with Crippen molar-refractivity contribution in [2.45, 2.75) is 0 Å². The number of hydrogen-bond acceptors (Lipinski definition) is 2. The fraction of sp³-hybridized carbons (Fsp3) is 1.00. The van der Waals surface area contributed by atoms with Crippen LogP contribution in [-0.2, 0) is 19.5 Å². The maximum Gasteiger partial charge on any atom is 0.0553 e. The molecule has 3 N–H and O–H groups in total. The van der Waals surface area contributed by atoms with Crippen molar-refractivity contribution in [1.82, 2.24) is 0 Å². The maximum absolute atomic E-state index is 7.75. The zero-order chi connectivity index (χ0) is 3.41. The van der Waals surface area contributed by atoms with Gasteiger partial charge in [-0.05, 0) is 0 Å². The summed E-state index contributed by atoms with van der Waals surface area (Å²) in [5.41, 5.74) is 4.78. The van der Waals surface area contributed by atoms with Gasteiger partial charge in [0.05, 0.1) is 6.61 Å². The fourth-order valence-corrected chi connectivity index (χ4v) is 0. The molecule has 0 unspecified atom stereocenters. The number of rotatable bonds is 1. The van der Waals surface area contributed by atoms with Gasteiger partial charge in [0.1, 0.15) is 0 Å². The molecule has 0 saturated carbocycles. The molecule has 0 spiro atoms. The van der Waals surface area contributed by atoms with Gasteiger partial charge >= 0.3 is 0 Å². The summed E-state index contributed by atoms with van der Waals surface area (Å²) in [6.45, 7) is 0.472.